The summed E-state index contributed by atoms with van der Waals surface area (Å²) in [7, 11) is 0. The third-order valence-corrected chi connectivity index (χ3v) is 3.99. The number of halogens is 1. The first kappa shape index (κ1) is 14.6. The summed E-state index contributed by atoms with van der Waals surface area (Å²) in [5.74, 6) is -1.23. The van der Waals surface area contributed by atoms with Crippen LogP contribution in [0.3, 0.4) is 0 Å². The first-order valence-corrected chi connectivity index (χ1v) is 7.03. The fourth-order valence-corrected chi connectivity index (χ4v) is 2.51. The van der Waals surface area contributed by atoms with Gasteiger partial charge in [-0.1, -0.05) is 23.7 Å². The van der Waals surface area contributed by atoms with E-state index < -0.39 is 18.0 Å². The summed E-state index contributed by atoms with van der Waals surface area (Å²) < 4.78 is 4.94. The van der Waals surface area contributed by atoms with Gasteiger partial charge in [-0.2, -0.15) is 0 Å². The Morgan fingerprint density at radius 3 is 2.45 bits per heavy atom. The zero-order chi connectivity index (χ0) is 14.7. The van der Waals surface area contributed by atoms with E-state index in [1.54, 1.807) is 18.2 Å². The van der Waals surface area contributed by atoms with Crippen LogP contribution >= 0.6 is 22.9 Å². The van der Waals surface area contributed by atoms with E-state index in [4.69, 9.17) is 22.1 Å². The van der Waals surface area contributed by atoms with Crippen molar-refractivity contribution in [2.45, 2.75) is 13.0 Å². The van der Waals surface area contributed by atoms with Crippen molar-refractivity contribution in [1.29, 1.82) is 0 Å². The summed E-state index contributed by atoms with van der Waals surface area (Å²) in [6.45, 7) is 1.44. The highest BCUT2D eigenvalue weighted by atomic mass is 35.5. The lowest BCUT2D eigenvalue weighted by molar-refractivity contribution is -0.125. The molecule has 20 heavy (non-hydrogen) atoms. The molecule has 0 saturated carbocycles. The Morgan fingerprint density at radius 2 is 1.85 bits per heavy atom. The molecule has 4 nitrogen and oxygen atoms in total. The van der Waals surface area contributed by atoms with Gasteiger partial charge in [-0.3, -0.25) is 4.79 Å². The molecule has 0 aliphatic heterocycles. The second-order valence-electron chi connectivity index (χ2n) is 4.12. The molecular weight excluding hydrogens is 298 g/mol. The van der Waals surface area contributed by atoms with Gasteiger partial charge in [0.2, 0.25) is 0 Å². The number of amides is 1. The normalized spacial score (nSPS) is 11.9. The SMILES string of the molecule is C[C@@H](OC(=O)c1ccc(-c2ccc(Cl)cc2)s1)C(N)=O. The number of thiophene rings is 1. The molecule has 0 radical (unpaired) electrons. The third kappa shape index (κ3) is 3.37. The van der Waals surface area contributed by atoms with E-state index in [0.29, 0.717) is 9.90 Å². The molecule has 0 aliphatic rings. The van der Waals surface area contributed by atoms with E-state index in [1.165, 1.54) is 18.3 Å². The molecule has 0 aliphatic carbocycles. The number of nitrogens with two attached hydrogens (primary N) is 1. The number of ether oxygens (including phenoxy) is 1. The standard InChI is InChI=1S/C14H12ClNO3S/c1-8(13(16)17)19-14(18)12-7-6-11(20-12)9-2-4-10(15)5-3-9/h2-8H,1H3,(H2,16,17)/t8-/m1/s1. The first-order chi connectivity index (χ1) is 9.47. The maximum atomic E-state index is 11.8. The van der Waals surface area contributed by atoms with Gasteiger partial charge >= 0.3 is 5.97 Å². The molecule has 6 heteroatoms. The minimum absolute atomic E-state index is 0.419. The first-order valence-electron chi connectivity index (χ1n) is 5.83. The Kier molecular flexibility index (Phi) is 4.42. The zero-order valence-electron chi connectivity index (χ0n) is 10.6. The van der Waals surface area contributed by atoms with Crippen LogP contribution in [0.2, 0.25) is 5.02 Å². The molecule has 1 atom stereocenters. The van der Waals surface area contributed by atoms with Crippen LogP contribution in [0.5, 0.6) is 0 Å². The second-order valence-corrected chi connectivity index (χ2v) is 5.64. The largest absolute Gasteiger partial charge is 0.448 e. The topological polar surface area (TPSA) is 69.4 Å². The number of benzene rings is 1. The average Bonchev–Trinajstić information content (AvgIpc) is 2.89. The minimum atomic E-state index is -0.941. The highest BCUT2D eigenvalue weighted by molar-refractivity contribution is 7.17. The maximum absolute atomic E-state index is 11.8. The van der Waals surface area contributed by atoms with E-state index in [2.05, 4.69) is 0 Å². The van der Waals surface area contributed by atoms with E-state index in [-0.39, 0.29) is 0 Å². The number of carbonyl (C=O) groups is 2. The summed E-state index contributed by atoms with van der Waals surface area (Å²) in [6, 6.07) is 10.8. The van der Waals surface area contributed by atoms with Crippen molar-refractivity contribution >= 4 is 34.8 Å². The monoisotopic (exact) mass is 309 g/mol. The third-order valence-electron chi connectivity index (χ3n) is 2.62. The van der Waals surface area contributed by atoms with Gasteiger partial charge in [-0.15, -0.1) is 11.3 Å². The van der Waals surface area contributed by atoms with Crippen LogP contribution in [-0.4, -0.2) is 18.0 Å². The van der Waals surface area contributed by atoms with Gasteiger partial charge in [0.1, 0.15) is 4.88 Å². The molecule has 1 amide bonds. The van der Waals surface area contributed by atoms with Crippen molar-refractivity contribution in [3.8, 4) is 10.4 Å². The average molecular weight is 310 g/mol. The number of rotatable bonds is 4. The van der Waals surface area contributed by atoms with Crippen LogP contribution in [0.4, 0.5) is 0 Å². The molecule has 0 saturated heterocycles. The summed E-state index contributed by atoms with van der Waals surface area (Å²) in [5.41, 5.74) is 6.01. The number of hydrogen-bond acceptors (Lipinski definition) is 4. The molecule has 1 aromatic carbocycles. The van der Waals surface area contributed by atoms with Crippen LogP contribution in [0, 0.1) is 0 Å². The molecule has 1 aromatic heterocycles. The molecule has 2 rings (SSSR count). The number of primary amides is 1. The Morgan fingerprint density at radius 1 is 1.20 bits per heavy atom. The Hall–Kier alpha value is -1.85. The Balaban J connectivity index is 2.14. The highest BCUT2D eigenvalue weighted by Crippen LogP contribution is 2.29. The summed E-state index contributed by atoms with van der Waals surface area (Å²) in [4.78, 5) is 24.0. The predicted octanol–water partition coefficient (Wildman–Crippen LogP) is 3.10. The van der Waals surface area contributed by atoms with Crippen molar-refractivity contribution in [2.75, 3.05) is 0 Å². The van der Waals surface area contributed by atoms with Gasteiger partial charge in [0, 0.05) is 9.90 Å². The molecule has 1 heterocycles. The fraction of sp³-hybridized carbons (Fsp3) is 0.143. The summed E-state index contributed by atoms with van der Waals surface area (Å²) in [6.07, 6.45) is -0.941. The van der Waals surface area contributed by atoms with Gasteiger partial charge < -0.3 is 10.5 Å². The Labute approximate surface area is 125 Å². The molecule has 2 aromatic rings. The lowest BCUT2D eigenvalue weighted by Gasteiger charge is -2.07. The van der Waals surface area contributed by atoms with E-state index in [0.717, 1.165) is 10.4 Å². The van der Waals surface area contributed by atoms with E-state index in [9.17, 15) is 9.59 Å². The second kappa shape index (κ2) is 6.07. The zero-order valence-corrected chi connectivity index (χ0v) is 12.2. The van der Waals surface area contributed by atoms with Gasteiger partial charge in [0.15, 0.2) is 6.10 Å². The van der Waals surface area contributed by atoms with Crippen molar-refractivity contribution in [2.24, 2.45) is 5.73 Å². The quantitative estimate of drug-likeness (QED) is 0.882. The smallest absolute Gasteiger partial charge is 0.349 e. The predicted molar refractivity (Wildman–Crippen MR) is 78.8 cm³/mol. The van der Waals surface area contributed by atoms with Crippen LogP contribution in [-0.2, 0) is 9.53 Å². The van der Waals surface area contributed by atoms with Gasteiger partial charge in [-0.25, -0.2) is 4.79 Å². The van der Waals surface area contributed by atoms with E-state index >= 15 is 0 Å². The minimum Gasteiger partial charge on any atom is -0.448 e. The van der Waals surface area contributed by atoms with Gasteiger partial charge in [-0.05, 0) is 36.8 Å². The molecular formula is C14H12ClNO3S. The maximum Gasteiger partial charge on any atom is 0.349 e. The Bertz CT molecular complexity index is 636. The number of hydrogen-bond donors (Lipinski definition) is 1. The molecule has 0 unspecified atom stereocenters. The number of carbonyl (C=O) groups excluding carboxylic acids is 2. The molecule has 0 bridgehead atoms. The van der Waals surface area contributed by atoms with Crippen LogP contribution < -0.4 is 5.73 Å². The number of esters is 1. The van der Waals surface area contributed by atoms with Crippen molar-refractivity contribution < 1.29 is 14.3 Å². The van der Waals surface area contributed by atoms with Crippen LogP contribution in [0.25, 0.3) is 10.4 Å². The molecule has 0 fully saturated rings. The molecule has 2 N–H and O–H groups in total. The lowest BCUT2D eigenvalue weighted by atomic mass is 10.2. The fourth-order valence-electron chi connectivity index (χ4n) is 1.49. The van der Waals surface area contributed by atoms with Gasteiger partial charge in [0.25, 0.3) is 5.91 Å². The van der Waals surface area contributed by atoms with Crippen molar-refractivity contribution in [3.05, 3.63) is 46.3 Å². The molecule has 104 valence electrons. The molecule has 0 spiro atoms. The lowest BCUT2D eigenvalue weighted by Crippen LogP contribution is -2.30. The summed E-state index contributed by atoms with van der Waals surface area (Å²) >= 11 is 7.11. The van der Waals surface area contributed by atoms with E-state index in [1.807, 2.05) is 18.2 Å². The summed E-state index contributed by atoms with van der Waals surface area (Å²) in [5, 5.41) is 0.653. The van der Waals surface area contributed by atoms with Crippen LogP contribution in [0.1, 0.15) is 16.6 Å². The van der Waals surface area contributed by atoms with Crippen molar-refractivity contribution in [1.82, 2.24) is 0 Å². The highest BCUT2D eigenvalue weighted by Gasteiger charge is 2.18. The van der Waals surface area contributed by atoms with Crippen molar-refractivity contribution in [3.63, 3.8) is 0 Å². The van der Waals surface area contributed by atoms with Gasteiger partial charge in [0.05, 0.1) is 0 Å². The van der Waals surface area contributed by atoms with Crippen LogP contribution in [0.15, 0.2) is 36.4 Å².